The number of oxazole rings is 1. The molecule has 0 radical (unpaired) electrons. The number of rotatable bonds is 3. The highest BCUT2D eigenvalue weighted by Crippen LogP contribution is 2.24. The molecule has 0 saturated carbocycles. The molecule has 0 aliphatic carbocycles. The predicted octanol–water partition coefficient (Wildman–Crippen LogP) is 1.82. The monoisotopic (exact) mass is 413 g/mol. The fraction of sp³-hybridized carbons (Fsp3) is 0.263. The molecule has 2 aromatic carbocycles. The van der Waals surface area contributed by atoms with Crippen LogP contribution in [0.15, 0.2) is 50.5 Å². The molecule has 1 aliphatic heterocycles. The second kappa shape index (κ2) is 6.46. The number of aromatic nitrogens is 3. The van der Waals surface area contributed by atoms with Gasteiger partial charge in [0.25, 0.3) is 0 Å². The van der Waals surface area contributed by atoms with E-state index in [0.29, 0.717) is 31.7 Å². The Hall–Kier alpha value is -3.11. The van der Waals surface area contributed by atoms with Gasteiger partial charge in [0.15, 0.2) is 5.58 Å². The molecule has 1 aliphatic rings. The Bertz CT molecular complexity index is 1380. The summed E-state index contributed by atoms with van der Waals surface area (Å²) in [6, 6.07) is 10.4. The van der Waals surface area contributed by atoms with Crippen molar-refractivity contribution in [3.63, 3.8) is 0 Å². The minimum atomic E-state index is -3.68. The van der Waals surface area contributed by atoms with Gasteiger partial charge in [0.05, 0.1) is 21.4 Å². The number of benzene rings is 2. The Kier molecular flexibility index (Phi) is 4.00. The fourth-order valence-corrected chi connectivity index (χ4v) is 5.07. The number of hydrogen-bond acceptors (Lipinski definition) is 6. The topological polar surface area (TPSA) is 115 Å². The Morgan fingerprint density at radius 2 is 1.79 bits per heavy atom. The third kappa shape index (κ3) is 3.10. The molecule has 4 aromatic rings. The average molecular weight is 413 g/mol. The first-order valence-corrected chi connectivity index (χ1v) is 10.7. The Morgan fingerprint density at radius 1 is 1.00 bits per heavy atom. The van der Waals surface area contributed by atoms with Crippen LogP contribution >= 0.6 is 0 Å². The lowest BCUT2D eigenvalue weighted by molar-refractivity contribution is 0.383. The summed E-state index contributed by atoms with van der Waals surface area (Å²) in [5.74, 6) is 0.141. The van der Waals surface area contributed by atoms with Gasteiger partial charge in [-0.15, -0.1) is 0 Å². The van der Waals surface area contributed by atoms with Crippen LogP contribution < -0.4 is 10.7 Å². The number of fused-ring (bicyclic) bond motifs is 2. The summed E-state index contributed by atoms with van der Waals surface area (Å²) in [5.41, 5.74) is 3.71. The van der Waals surface area contributed by atoms with E-state index in [9.17, 15) is 13.2 Å². The number of hydrogen-bond donors (Lipinski definition) is 2. The van der Waals surface area contributed by atoms with Crippen LogP contribution in [0.5, 0.6) is 0 Å². The quantitative estimate of drug-likeness (QED) is 0.529. The number of aryl methyl sites for hydroxylation is 1. The number of sulfonamides is 1. The zero-order chi connectivity index (χ0) is 20.2. The number of nitrogens with one attached hydrogen (secondary N) is 2. The van der Waals surface area contributed by atoms with E-state index in [1.807, 2.05) is 25.1 Å². The lowest BCUT2D eigenvalue weighted by atomic mass is 10.2. The summed E-state index contributed by atoms with van der Waals surface area (Å²) in [4.78, 5) is 23.9. The van der Waals surface area contributed by atoms with Crippen molar-refractivity contribution >= 4 is 38.1 Å². The molecule has 0 unspecified atom stereocenters. The molecule has 150 valence electrons. The summed E-state index contributed by atoms with van der Waals surface area (Å²) in [5, 5.41) is 0. The second-order valence-electron chi connectivity index (χ2n) is 7.14. The first-order chi connectivity index (χ1) is 13.9. The van der Waals surface area contributed by atoms with Crippen LogP contribution in [0.2, 0.25) is 0 Å². The number of aromatic amines is 2. The van der Waals surface area contributed by atoms with Gasteiger partial charge in [0.2, 0.25) is 16.0 Å². The molecule has 0 bridgehead atoms. The van der Waals surface area contributed by atoms with Gasteiger partial charge in [-0.25, -0.2) is 18.2 Å². The zero-order valence-corrected chi connectivity index (χ0v) is 16.5. The molecule has 1 saturated heterocycles. The van der Waals surface area contributed by atoms with Crippen LogP contribution in [0, 0.1) is 6.92 Å². The molecule has 5 rings (SSSR count). The van der Waals surface area contributed by atoms with E-state index < -0.39 is 15.8 Å². The van der Waals surface area contributed by atoms with Crippen molar-refractivity contribution in [2.75, 3.05) is 31.1 Å². The SMILES string of the molecule is Cc1ccc2nc(N3CCN(S(=O)(=O)c4ccc5[nH]c(=O)oc5c4)CC3)[nH]c2c1. The Balaban J connectivity index is 1.36. The molecular weight excluding hydrogens is 394 g/mol. The molecule has 29 heavy (non-hydrogen) atoms. The number of anilines is 1. The van der Waals surface area contributed by atoms with Crippen molar-refractivity contribution in [1.82, 2.24) is 19.3 Å². The first kappa shape index (κ1) is 18.0. The molecular formula is C19H19N5O4S. The van der Waals surface area contributed by atoms with Gasteiger partial charge in [-0.05, 0) is 36.8 Å². The Morgan fingerprint density at radius 3 is 2.59 bits per heavy atom. The first-order valence-electron chi connectivity index (χ1n) is 9.24. The molecule has 2 aromatic heterocycles. The second-order valence-corrected chi connectivity index (χ2v) is 9.08. The molecule has 0 atom stereocenters. The van der Waals surface area contributed by atoms with Crippen molar-refractivity contribution in [2.45, 2.75) is 11.8 Å². The van der Waals surface area contributed by atoms with Crippen molar-refractivity contribution in [2.24, 2.45) is 0 Å². The predicted molar refractivity (Wildman–Crippen MR) is 109 cm³/mol. The third-order valence-electron chi connectivity index (χ3n) is 5.19. The highest BCUT2D eigenvalue weighted by Gasteiger charge is 2.30. The van der Waals surface area contributed by atoms with Gasteiger partial charge < -0.3 is 14.3 Å². The highest BCUT2D eigenvalue weighted by atomic mass is 32.2. The van der Waals surface area contributed by atoms with E-state index in [-0.39, 0.29) is 10.5 Å². The molecule has 9 nitrogen and oxygen atoms in total. The van der Waals surface area contributed by atoms with Crippen LogP contribution in [0.25, 0.3) is 22.1 Å². The zero-order valence-electron chi connectivity index (χ0n) is 15.7. The van der Waals surface area contributed by atoms with Gasteiger partial charge >= 0.3 is 5.76 Å². The maximum Gasteiger partial charge on any atom is 0.417 e. The third-order valence-corrected chi connectivity index (χ3v) is 7.09. The average Bonchev–Trinajstić information content (AvgIpc) is 3.29. The molecule has 1 fully saturated rings. The van der Waals surface area contributed by atoms with Gasteiger partial charge in [-0.2, -0.15) is 4.31 Å². The smallest absolute Gasteiger partial charge is 0.408 e. The number of imidazole rings is 1. The standard InChI is InChI=1S/C19H19N5O4S/c1-12-2-4-14-16(10-12)21-18(20-14)23-6-8-24(9-7-23)29(26,27)13-3-5-15-17(11-13)28-19(25)22-15/h2-5,10-11H,6-9H2,1H3,(H,20,21)(H,22,25). The summed E-state index contributed by atoms with van der Waals surface area (Å²) in [6.45, 7) is 3.76. The molecule has 10 heteroatoms. The number of H-pyrrole nitrogens is 2. The van der Waals surface area contributed by atoms with Crippen LogP contribution in [-0.2, 0) is 10.0 Å². The summed E-state index contributed by atoms with van der Waals surface area (Å²) >= 11 is 0. The van der Waals surface area contributed by atoms with E-state index in [4.69, 9.17) is 4.42 Å². The Labute approximate surface area is 166 Å². The minimum Gasteiger partial charge on any atom is -0.408 e. The van der Waals surface area contributed by atoms with Crippen molar-refractivity contribution < 1.29 is 12.8 Å². The van der Waals surface area contributed by atoms with Crippen LogP contribution in [0.1, 0.15) is 5.56 Å². The van der Waals surface area contributed by atoms with Crippen LogP contribution in [0.4, 0.5) is 5.95 Å². The number of piperazine rings is 1. The van der Waals surface area contributed by atoms with Crippen LogP contribution in [-0.4, -0.2) is 53.9 Å². The van der Waals surface area contributed by atoms with Crippen molar-refractivity contribution in [3.05, 3.63) is 52.5 Å². The highest BCUT2D eigenvalue weighted by molar-refractivity contribution is 7.89. The number of nitrogens with zero attached hydrogens (tertiary/aromatic N) is 3. The van der Waals surface area contributed by atoms with E-state index in [2.05, 4.69) is 19.9 Å². The summed E-state index contributed by atoms with van der Waals surface area (Å²) < 4.78 is 32.5. The van der Waals surface area contributed by atoms with Gasteiger partial charge in [-0.1, -0.05) is 6.07 Å². The van der Waals surface area contributed by atoms with E-state index in [1.165, 1.54) is 16.4 Å². The largest absolute Gasteiger partial charge is 0.417 e. The minimum absolute atomic E-state index is 0.111. The van der Waals surface area contributed by atoms with Crippen molar-refractivity contribution in [1.29, 1.82) is 0 Å². The van der Waals surface area contributed by atoms with E-state index >= 15 is 0 Å². The summed E-state index contributed by atoms with van der Waals surface area (Å²) in [6.07, 6.45) is 0. The molecule has 0 spiro atoms. The van der Waals surface area contributed by atoms with Gasteiger partial charge in [0.1, 0.15) is 0 Å². The lowest BCUT2D eigenvalue weighted by Gasteiger charge is -2.33. The molecule has 3 heterocycles. The maximum atomic E-state index is 13.0. The molecule has 2 N–H and O–H groups in total. The van der Waals surface area contributed by atoms with Crippen molar-refractivity contribution in [3.8, 4) is 0 Å². The molecule has 0 amide bonds. The normalized spacial score (nSPS) is 16.1. The lowest BCUT2D eigenvalue weighted by Crippen LogP contribution is -2.49. The maximum absolute atomic E-state index is 13.0. The van der Waals surface area contributed by atoms with Gasteiger partial charge in [-0.3, -0.25) is 4.98 Å². The van der Waals surface area contributed by atoms with E-state index in [0.717, 1.165) is 22.5 Å². The van der Waals surface area contributed by atoms with Crippen LogP contribution in [0.3, 0.4) is 0 Å². The fourth-order valence-electron chi connectivity index (χ4n) is 3.64. The summed E-state index contributed by atoms with van der Waals surface area (Å²) in [7, 11) is -3.68. The van der Waals surface area contributed by atoms with E-state index in [1.54, 1.807) is 6.07 Å². The van der Waals surface area contributed by atoms with Gasteiger partial charge in [0, 0.05) is 32.2 Å².